The fourth-order valence-electron chi connectivity index (χ4n) is 2.83. The highest BCUT2D eigenvalue weighted by Gasteiger charge is 2.36. The van der Waals surface area contributed by atoms with Gasteiger partial charge in [-0.05, 0) is 24.6 Å². The van der Waals surface area contributed by atoms with E-state index < -0.39 is 6.04 Å². The van der Waals surface area contributed by atoms with Gasteiger partial charge in [0.25, 0.3) is 5.91 Å². The van der Waals surface area contributed by atoms with E-state index in [0.717, 1.165) is 11.1 Å². The van der Waals surface area contributed by atoms with Gasteiger partial charge in [-0.3, -0.25) is 9.69 Å². The lowest BCUT2D eigenvalue weighted by molar-refractivity contribution is -0.114. The van der Waals surface area contributed by atoms with Gasteiger partial charge >= 0.3 is 0 Å². The first-order chi connectivity index (χ1) is 11.1. The van der Waals surface area contributed by atoms with Crippen molar-refractivity contribution in [3.05, 3.63) is 65.4 Å². The van der Waals surface area contributed by atoms with Crippen LogP contribution in [0.5, 0.6) is 11.5 Å². The van der Waals surface area contributed by atoms with Crippen LogP contribution in [0.4, 0.5) is 5.69 Å². The standard InChI is InChI=1S/C18H14NO4/c1-11-2-4-12(5-3-11)18-14(20)9-17(21)19(18)13-6-7-15-16(8-13)23-10-22-15/h2-8,18,20H,10H2,1H3. The number of anilines is 1. The first-order valence-electron chi connectivity index (χ1n) is 7.26. The van der Waals surface area contributed by atoms with Crippen molar-refractivity contribution in [1.29, 1.82) is 0 Å². The van der Waals surface area contributed by atoms with E-state index in [4.69, 9.17) is 9.47 Å². The molecule has 5 heteroatoms. The molecule has 0 spiro atoms. The molecule has 1 unspecified atom stereocenters. The van der Waals surface area contributed by atoms with Crippen LogP contribution >= 0.6 is 0 Å². The van der Waals surface area contributed by atoms with Crippen molar-refractivity contribution in [1.82, 2.24) is 0 Å². The molecule has 23 heavy (non-hydrogen) atoms. The minimum Gasteiger partial charge on any atom is -0.509 e. The van der Waals surface area contributed by atoms with Crippen molar-refractivity contribution in [3.8, 4) is 11.5 Å². The van der Waals surface area contributed by atoms with Crippen molar-refractivity contribution in [2.45, 2.75) is 13.0 Å². The van der Waals surface area contributed by atoms with Crippen LogP contribution in [-0.4, -0.2) is 17.8 Å². The van der Waals surface area contributed by atoms with Crippen molar-refractivity contribution >= 4 is 11.6 Å². The number of aliphatic hydroxyl groups excluding tert-OH is 1. The second-order valence-electron chi connectivity index (χ2n) is 5.54. The van der Waals surface area contributed by atoms with Gasteiger partial charge in [-0.15, -0.1) is 0 Å². The molecule has 1 atom stereocenters. The van der Waals surface area contributed by atoms with E-state index >= 15 is 0 Å². The van der Waals surface area contributed by atoms with Gasteiger partial charge in [-0.25, -0.2) is 0 Å². The topological polar surface area (TPSA) is 59.0 Å². The third kappa shape index (κ3) is 2.21. The number of amides is 1. The number of fused-ring (bicyclic) bond motifs is 1. The monoisotopic (exact) mass is 308 g/mol. The number of hydrogen-bond donors (Lipinski definition) is 1. The average molecular weight is 308 g/mol. The molecule has 5 nitrogen and oxygen atoms in total. The van der Waals surface area contributed by atoms with Gasteiger partial charge in [0, 0.05) is 11.8 Å². The van der Waals surface area contributed by atoms with Gasteiger partial charge in [0.05, 0.1) is 6.08 Å². The van der Waals surface area contributed by atoms with E-state index in [2.05, 4.69) is 6.08 Å². The Kier molecular flexibility index (Phi) is 3.01. The highest BCUT2D eigenvalue weighted by molar-refractivity contribution is 6.03. The summed E-state index contributed by atoms with van der Waals surface area (Å²) in [6, 6.07) is 12.4. The van der Waals surface area contributed by atoms with Gasteiger partial charge in [0.2, 0.25) is 6.79 Å². The number of hydrogen-bond acceptors (Lipinski definition) is 4. The molecule has 2 aliphatic rings. The minimum absolute atomic E-state index is 0.0866. The summed E-state index contributed by atoms with van der Waals surface area (Å²) in [5, 5.41) is 10.2. The Morgan fingerprint density at radius 1 is 1.13 bits per heavy atom. The van der Waals surface area contributed by atoms with Gasteiger partial charge in [-0.2, -0.15) is 0 Å². The number of benzene rings is 2. The molecule has 0 bridgehead atoms. The average Bonchev–Trinajstić information content (AvgIpc) is 3.11. The maximum atomic E-state index is 12.3. The van der Waals surface area contributed by atoms with Crippen molar-refractivity contribution in [2.24, 2.45) is 0 Å². The molecule has 2 aromatic carbocycles. The first kappa shape index (κ1) is 13.7. The molecule has 0 fully saturated rings. The third-order valence-electron chi connectivity index (χ3n) is 4.00. The SMILES string of the molecule is Cc1ccc(C2C(O)=[C]C(=O)N2c2ccc3c(c2)OCO3)cc1. The van der Waals surface area contributed by atoms with Crippen LogP contribution < -0.4 is 14.4 Å². The summed E-state index contributed by atoms with van der Waals surface area (Å²) in [6.07, 6.45) is 2.48. The molecule has 0 aliphatic carbocycles. The Balaban J connectivity index is 1.76. The highest BCUT2D eigenvalue weighted by atomic mass is 16.7. The Morgan fingerprint density at radius 3 is 2.65 bits per heavy atom. The zero-order chi connectivity index (χ0) is 16.0. The largest absolute Gasteiger partial charge is 0.509 e. The Bertz CT molecular complexity index is 810. The molecule has 1 radical (unpaired) electrons. The molecule has 0 saturated carbocycles. The predicted molar refractivity (Wildman–Crippen MR) is 83.4 cm³/mol. The van der Waals surface area contributed by atoms with Gasteiger partial charge in [-0.1, -0.05) is 29.8 Å². The lowest BCUT2D eigenvalue weighted by atomic mass is 10.0. The molecule has 0 saturated heterocycles. The second-order valence-corrected chi connectivity index (χ2v) is 5.54. The number of aryl methyl sites for hydroxylation is 1. The number of carbonyl (C=O) groups is 1. The Hall–Kier alpha value is -2.95. The molecule has 4 rings (SSSR count). The van der Waals surface area contributed by atoms with Crippen molar-refractivity contribution in [3.63, 3.8) is 0 Å². The van der Waals surface area contributed by atoms with Crippen LogP contribution in [-0.2, 0) is 4.79 Å². The molecule has 2 aromatic rings. The summed E-state index contributed by atoms with van der Waals surface area (Å²) in [5.41, 5.74) is 2.56. The summed E-state index contributed by atoms with van der Waals surface area (Å²) < 4.78 is 10.7. The molecule has 115 valence electrons. The molecule has 1 amide bonds. The summed E-state index contributed by atoms with van der Waals surface area (Å²) in [4.78, 5) is 13.8. The quantitative estimate of drug-likeness (QED) is 0.926. The molecular weight excluding hydrogens is 294 g/mol. The fraction of sp³-hybridized carbons (Fsp3) is 0.167. The van der Waals surface area contributed by atoms with Crippen LogP contribution in [0.3, 0.4) is 0 Å². The van der Waals surface area contributed by atoms with Gasteiger partial charge in [0.15, 0.2) is 11.5 Å². The highest BCUT2D eigenvalue weighted by Crippen LogP contribution is 2.41. The lowest BCUT2D eigenvalue weighted by Crippen LogP contribution is -2.29. The molecule has 2 heterocycles. The van der Waals surface area contributed by atoms with E-state index in [9.17, 15) is 9.90 Å². The molecule has 0 aromatic heterocycles. The third-order valence-corrected chi connectivity index (χ3v) is 4.00. The van der Waals surface area contributed by atoms with Crippen molar-refractivity contribution in [2.75, 3.05) is 11.7 Å². The normalized spacial score (nSPS) is 19.2. The second kappa shape index (κ2) is 5.05. The molecular formula is C18H14NO4. The summed E-state index contributed by atoms with van der Waals surface area (Å²) in [5.74, 6) is 0.765. The van der Waals surface area contributed by atoms with E-state index in [0.29, 0.717) is 17.2 Å². The maximum Gasteiger partial charge on any atom is 0.263 e. The van der Waals surface area contributed by atoms with E-state index in [-0.39, 0.29) is 18.5 Å². The van der Waals surface area contributed by atoms with Crippen LogP contribution in [0.1, 0.15) is 17.2 Å². The summed E-state index contributed by atoms with van der Waals surface area (Å²) in [6.45, 7) is 2.16. The zero-order valence-electron chi connectivity index (χ0n) is 12.4. The van der Waals surface area contributed by atoms with Crippen LogP contribution in [0.2, 0.25) is 0 Å². The number of rotatable bonds is 2. The van der Waals surface area contributed by atoms with Crippen LogP contribution in [0.15, 0.2) is 48.2 Å². The lowest BCUT2D eigenvalue weighted by Gasteiger charge is -2.26. The fourth-order valence-corrected chi connectivity index (χ4v) is 2.83. The van der Waals surface area contributed by atoms with E-state index in [1.54, 1.807) is 18.2 Å². The van der Waals surface area contributed by atoms with E-state index in [1.165, 1.54) is 4.90 Å². The number of aliphatic hydroxyl groups is 1. The smallest absolute Gasteiger partial charge is 0.263 e. The summed E-state index contributed by atoms with van der Waals surface area (Å²) >= 11 is 0. The number of carbonyl (C=O) groups excluding carboxylic acids is 1. The first-order valence-corrected chi connectivity index (χ1v) is 7.26. The van der Waals surface area contributed by atoms with Crippen molar-refractivity contribution < 1.29 is 19.4 Å². The minimum atomic E-state index is -0.580. The zero-order valence-corrected chi connectivity index (χ0v) is 12.4. The number of ether oxygens (including phenoxy) is 2. The Labute approximate surface area is 133 Å². The maximum absolute atomic E-state index is 12.3. The van der Waals surface area contributed by atoms with Gasteiger partial charge < -0.3 is 14.6 Å². The Morgan fingerprint density at radius 2 is 1.87 bits per heavy atom. The molecule has 2 aliphatic heterocycles. The molecule has 1 N–H and O–H groups in total. The van der Waals surface area contributed by atoms with Gasteiger partial charge in [0.1, 0.15) is 11.8 Å². The number of nitrogens with zero attached hydrogens (tertiary/aromatic N) is 1. The van der Waals surface area contributed by atoms with E-state index in [1.807, 2.05) is 31.2 Å². The van der Waals surface area contributed by atoms with Crippen LogP contribution in [0, 0.1) is 13.0 Å². The summed E-state index contributed by atoms with van der Waals surface area (Å²) in [7, 11) is 0. The van der Waals surface area contributed by atoms with Crippen LogP contribution in [0.25, 0.3) is 0 Å². The predicted octanol–water partition coefficient (Wildman–Crippen LogP) is 3.06.